The van der Waals surface area contributed by atoms with Crippen LogP contribution in [0.5, 0.6) is 0 Å². The third kappa shape index (κ3) is 4.41. The van der Waals surface area contributed by atoms with E-state index in [2.05, 4.69) is 10.2 Å². The second-order valence-corrected chi connectivity index (χ2v) is 4.23. The Morgan fingerprint density at radius 1 is 0.833 bits per heavy atom. The highest BCUT2D eigenvalue weighted by Crippen LogP contribution is 2.13. The summed E-state index contributed by atoms with van der Waals surface area (Å²) in [5, 5.41) is 8.27. The highest BCUT2D eigenvalue weighted by atomic mass is 15.2. The van der Waals surface area contributed by atoms with Gasteiger partial charge in [0.05, 0.1) is 11.1 Å². The molecule has 12 heavy (non-hydrogen) atoms. The minimum absolute atomic E-state index is 0.271. The van der Waals surface area contributed by atoms with Crippen LogP contribution in [-0.2, 0) is 0 Å². The van der Waals surface area contributed by atoms with Crippen molar-refractivity contribution in [2.45, 2.75) is 38.8 Å². The Labute approximate surface area is 74.4 Å². The van der Waals surface area contributed by atoms with Crippen LogP contribution in [0.15, 0.2) is 10.2 Å². The molecule has 0 aromatic rings. The van der Waals surface area contributed by atoms with Gasteiger partial charge < -0.3 is 11.5 Å². The van der Waals surface area contributed by atoms with Crippen LogP contribution < -0.4 is 11.5 Å². The summed E-state index contributed by atoms with van der Waals surface area (Å²) in [6.07, 6.45) is 0. The van der Waals surface area contributed by atoms with Gasteiger partial charge in [-0.1, -0.05) is 0 Å². The van der Waals surface area contributed by atoms with Gasteiger partial charge in [-0.2, -0.15) is 10.2 Å². The predicted octanol–water partition coefficient (Wildman–Crippen LogP) is 0.913. The summed E-state index contributed by atoms with van der Waals surface area (Å²) in [4.78, 5) is 0. The number of hydrogen-bond donors (Lipinski definition) is 2. The molecule has 0 aromatic carbocycles. The molecular weight excluding hydrogens is 152 g/mol. The molecule has 0 spiro atoms. The first-order valence-electron chi connectivity index (χ1n) is 4.17. The molecule has 4 heteroatoms. The van der Waals surface area contributed by atoms with Gasteiger partial charge in [0.2, 0.25) is 0 Å². The monoisotopic (exact) mass is 172 g/mol. The van der Waals surface area contributed by atoms with Crippen molar-refractivity contribution in [2.24, 2.45) is 21.7 Å². The van der Waals surface area contributed by atoms with Gasteiger partial charge in [0, 0.05) is 13.1 Å². The van der Waals surface area contributed by atoms with Crippen molar-refractivity contribution in [2.75, 3.05) is 13.1 Å². The largest absolute Gasteiger partial charge is 0.328 e. The molecule has 0 rings (SSSR count). The number of rotatable bonds is 4. The molecule has 0 saturated carbocycles. The van der Waals surface area contributed by atoms with Crippen LogP contribution in [0.25, 0.3) is 0 Å². The average molecular weight is 172 g/mol. The Bertz CT molecular complexity index is 142. The van der Waals surface area contributed by atoms with Gasteiger partial charge in [0.15, 0.2) is 0 Å². The first kappa shape index (κ1) is 11.5. The van der Waals surface area contributed by atoms with Crippen LogP contribution in [0.4, 0.5) is 0 Å². The first-order valence-corrected chi connectivity index (χ1v) is 4.17. The molecule has 0 aliphatic heterocycles. The Morgan fingerprint density at radius 2 is 1.08 bits per heavy atom. The van der Waals surface area contributed by atoms with Crippen molar-refractivity contribution in [3.63, 3.8) is 0 Å². The maximum absolute atomic E-state index is 5.49. The van der Waals surface area contributed by atoms with Crippen LogP contribution in [-0.4, -0.2) is 24.2 Å². The van der Waals surface area contributed by atoms with Gasteiger partial charge in [-0.05, 0) is 27.7 Å². The van der Waals surface area contributed by atoms with Crippen molar-refractivity contribution in [1.82, 2.24) is 0 Å². The first-order chi connectivity index (χ1) is 5.33. The SMILES string of the molecule is CC(C)(CN)N=NC(C)(C)CN. The fourth-order valence-corrected chi connectivity index (χ4v) is 0.352. The van der Waals surface area contributed by atoms with Gasteiger partial charge in [0.25, 0.3) is 0 Å². The minimum Gasteiger partial charge on any atom is -0.328 e. The van der Waals surface area contributed by atoms with Crippen LogP contribution in [0.1, 0.15) is 27.7 Å². The molecule has 0 aliphatic rings. The maximum Gasteiger partial charge on any atom is 0.0881 e. The molecule has 0 saturated heterocycles. The van der Waals surface area contributed by atoms with Crippen LogP contribution in [0.3, 0.4) is 0 Å². The van der Waals surface area contributed by atoms with Crippen molar-refractivity contribution in [3.05, 3.63) is 0 Å². The molecule has 0 radical (unpaired) electrons. The Balaban J connectivity index is 4.23. The van der Waals surface area contributed by atoms with E-state index in [-0.39, 0.29) is 11.1 Å². The highest BCUT2D eigenvalue weighted by Gasteiger charge is 2.18. The van der Waals surface area contributed by atoms with E-state index < -0.39 is 0 Å². The summed E-state index contributed by atoms with van der Waals surface area (Å²) in [5.41, 5.74) is 10.4. The molecule has 0 bridgehead atoms. The predicted molar refractivity (Wildman–Crippen MR) is 51.1 cm³/mol. The van der Waals surface area contributed by atoms with E-state index in [4.69, 9.17) is 11.5 Å². The van der Waals surface area contributed by atoms with Gasteiger partial charge in [0.1, 0.15) is 0 Å². The summed E-state index contributed by atoms with van der Waals surface area (Å²) in [6, 6.07) is 0. The number of nitrogens with zero attached hydrogens (tertiary/aromatic N) is 2. The molecule has 4 N–H and O–H groups in total. The third-order valence-corrected chi connectivity index (χ3v) is 1.59. The van der Waals surface area contributed by atoms with Gasteiger partial charge in [-0.25, -0.2) is 0 Å². The fourth-order valence-electron chi connectivity index (χ4n) is 0.352. The van der Waals surface area contributed by atoms with Gasteiger partial charge in [-0.15, -0.1) is 0 Å². The van der Waals surface area contributed by atoms with Crippen LogP contribution >= 0.6 is 0 Å². The van der Waals surface area contributed by atoms with Crippen LogP contribution in [0, 0.1) is 0 Å². The molecule has 0 atom stereocenters. The minimum atomic E-state index is -0.271. The summed E-state index contributed by atoms with van der Waals surface area (Å²) >= 11 is 0. The van der Waals surface area contributed by atoms with Gasteiger partial charge in [-0.3, -0.25) is 0 Å². The summed E-state index contributed by atoms with van der Waals surface area (Å²) in [6.45, 7) is 8.78. The molecule has 72 valence electrons. The lowest BCUT2D eigenvalue weighted by atomic mass is 10.1. The lowest BCUT2D eigenvalue weighted by Crippen LogP contribution is -2.32. The molecule has 0 amide bonds. The lowest BCUT2D eigenvalue weighted by molar-refractivity contribution is 0.431. The van der Waals surface area contributed by atoms with Crippen molar-refractivity contribution in [1.29, 1.82) is 0 Å². The molecule has 0 aliphatic carbocycles. The molecule has 0 unspecified atom stereocenters. The Kier molecular flexibility index (Phi) is 3.80. The van der Waals surface area contributed by atoms with Crippen molar-refractivity contribution >= 4 is 0 Å². The van der Waals surface area contributed by atoms with E-state index in [1.165, 1.54) is 0 Å². The number of azo groups is 1. The average Bonchev–Trinajstić information content (AvgIpc) is 2.02. The zero-order valence-electron chi connectivity index (χ0n) is 8.46. The zero-order valence-corrected chi connectivity index (χ0v) is 8.46. The van der Waals surface area contributed by atoms with Crippen LogP contribution in [0.2, 0.25) is 0 Å². The molecule has 4 nitrogen and oxygen atoms in total. The Hall–Kier alpha value is -0.480. The summed E-state index contributed by atoms with van der Waals surface area (Å²) in [5.74, 6) is 0. The second-order valence-electron chi connectivity index (χ2n) is 4.23. The van der Waals surface area contributed by atoms with Crippen molar-refractivity contribution < 1.29 is 0 Å². The molecule has 0 aromatic heterocycles. The Morgan fingerprint density at radius 3 is 1.25 bits per heavy atom. The molecule has 0 heterocycles. The number of nitrogens with two attached hydrogens (primary N) is 2. The fraction of sp³-hybridized carbons (Fsp3) is 1.00. The van der Waals surface area contributed by atoms with E-state index >= 15 is 0 Å². The normalized spacial score (nSPS) is 14.2. The van der Waals surface area contributed by atoms with Gasteiger partial charge >= 0.3 is 0 Å². The quantitative estimate of drug-likeness (QED) is 0.618. The van der Waals surface area contributed by atoms with E-state index in [9.17, 15) is 0 Å². The third-order valence-electron chi connectivity index (χ3n) is 1.59. The maximum atomic E-state index is 5.49. The standard InChI is InChI=1S/C8H20N4/c1-7(2,5-9)11-12-8(3,4)6-10/h5-6,9-10H2,1-4H3. The molecule has 0 fully saturated rings. The lowest BCUT2D eigenvalue weighted by Gasteiger charge is -2.20. The van der Waals surface area contributed by atoms with Crippen molar-refractivity contribution in [3.8, 4) is 0 Å². The van der Waals surface area contributed by atoms with E-state index in [0.29, 0.717) is 13.1 Å². The second kappa shape index (κ2) is 3.96. The number of hydrogen-bond acceptors (Lipinski definition) is 4. The smallest absolute Gasteiger partial charge is 0.0881 e. The highest BCUT2D eigenvalue weighted by molar-refractivity contribution is 4.81. The zero-order chi connectivity index (χ0) is 9.83. The van der Waals surface area contributed by atoms with E-state index in [1.807, 2.05) is 27.7 Å². The topological polar surface area (TPSA) is 76.8 Å². The van der Waals surface area contributed by atoms with E-state index in [1.54, 1.807) is 0 Å². The summed E-state index contributed by atoms with van der Waals surface area (Å²) < 4.78 is 0. The molecular formula is C8H20N4. The summed E-state index contributed by atoms with van der Waals surface area (Å²) in [7, 11) is 0. The van der Waals surface area contributed by atoms with E-state index in [0.717, 1.165) is 0 Å².